The summed E-state index contributed by atoms with van der Waals surface area (Å²) in [4.78, 5) is 12.0. The van der Waals surface area contributed by atoms with E-state index in [2.05, 4.69) is 36.5 Å². The number of amides is 1. The molecule has 0 heterocycles. The van der Waals surface area contributed by atoms with Crippen molar-refractivity contribution >= 4 is 12.1 Å². The summed E-state index contributed by atoms with van der Waals surface area (Å²) in [5, 5.41) is 4.04. The summed E-state index contributed by atoms with van der Waals surface area (Å²) in [6.45, 7) is 5.00. The molecule has 0 radical (unpaired) electrons. The zero-order valence-electron chi connectivity index (χ0n) is 18.9. The molecule has 0 unspecified atom stereocenters. The zero-order valence-corrected chi connectivity index (χ0v) is 18.9. The Morgan fingerprint density at radius 1 is 0.903 bits per heavy atom. The first-order chi connectivity index (χ1) is 15.2. The third-order valence-electron chi connectivity index (χ3n) is 4.93. The molecule has 168 valence electrons. The molecule has 0 spiro atoms. The summed E-state index contributed by atoms with van der Waals surface area (Å²) in [5.41, 5.74) is 4.63. The van der Waals surface area contributed by atoms with Crippen LogP contribution >= 0.6 is 0 Å². The Labute approximate surface area is 186 Å². The first-order valence-corrected chi connectivity index (χ1v) is 11.5. The average molecular weight is 425 g/mol. The minimum absolute atomic E-state index is 0.0813. The maximum Gasteiger partial charge on any atom is 0.277 e. The van der Waals surface area contributed by atoms with Crippen molar-refractivity contribution in [2.24, 2.45) is 5.10 Å². The second-order valence-corrected chi connectivity index (χ2v) is 7.63. The largest absolute Gasteiger partial charge is 0.493 e. The van der Waals surface area contributed by atoms with Gasteiger partial charge in [-0.1, -0.05) is 70.2 Å². The Bertz CT molecular complexity index is 787. The van der Waals surface area contributed by atoms with Gasteiger partial charge in [0.2, 0.25) is 0 Å². The molecule has 2 aromatic carbocycles. The average Bonchev–Trinajstić information content (AvgIpc) is 2.79. The summed E-state index contributed by atoms with van der Waals surface area (Å²) in [5.74, 6) is 1.15. The summed E-state index contributed by atoms with van der Waals surface area (Å²) in [7, 11) is 0. The molecule has 1 amide bonds. The van der Waals surface area contributed by atoms with Crippen LogP contribution in [0, 0.1) is 0 Å². The van der Waals surface area contributed by atoms with E-state index in [1.54, 1.807) is 6.21 Å². The molecule has 0 saturated carbocycles. The number of hydrogen-bond donors (Lipinski definition) is 1. The SMILES string of the molecule is CCCCCCOc1ccccc1C=NNC(=O)COc1ccc(CCCCC)cc1. The molecule has 0 saturated heterocycles. The van der Waals surface area contributed by atoms with Crippen molar-refractivity contribution in [2.75, 3.05) is 13.2 Å². The molecule has 2 aromatic rings. The zero-order chi connectivity index (χ0) is 22.2. The first-order valence-electron chi connectivity index (χ1n) is 11.5. The van der Waals surface area contributed by atoms with Crippen LogP contribution in [0.1, 0.15) is 69.9 Å². The maximum atomic E-state index is 12.0. The quantitative estimate of drug-likeness (QED) is 0.220. The van der Waals surface area contributed by atoms with E-state index in [4.69, 9.17) is 9.47 Å². The molecular weight excluding hydrogens is 388 g/mol. The van der Waals surface area contributed by atoms with Crippen molar-refractivity contribution in [2.45, 2.75) is 65.2 Å². The summed E-state index contributed by atoms with van der Waals surface area (Å²) < 4.78 is 11.4. The van der Waals surface area contributed by atoms with Crippen molar-refractivity contribution in [1.29, 1.82) is 0 Å². The minimum Gasteiger partial charge on any atom is -0.493 e. The molecule has 0 bridgehead atoms. The lowest BCUT2D eigenvalue weighted by Gasteiger charge is -2.09. The lowest BCUT2D eigenvalue weighted by Crippen LogP contribution is -2.24. The number of carbonyl (C=O) groups is 1. The van der Waals surface area contributed by atoms with Crippen LogP contribution in [-0.4, -0.2) is 25.3 Å². The Morgan fingerprint density at radius 2 is 1.65 bits per heavy atom. The highest BCUT2D eigenvalue weighted by molar-refractivity contribution is 5.85. The van der Waals surface area contributed by atoms with Crippen molar-refractivity contribution < 1.29 is 14.3 Å². The fraction of sp³-hybridized carbons (Fsp3) is 0.462. The second-order valence-electron chi connectivity index (χ2n) is 7.63. The topological polar surface area (TPSA) is 59.9 Å². The van der Waals surface area contributed by atoms with Gasteiger partial charge >= 0.3 is 0 Å². The van der Waals surface area contributed by atoms with E-state index in [0.29, 0.717) is 12.4 Å². The van der Waals surface area contributed by atoms with E-state index in [0.717, 1.165) is 24.2 Å². The van der Waals surface area contributed by atoms with Crippen LogP contribution in [0.5, 0.6) is 11.5 Å². The summed E-state index contributed by atoms with van der Waals surface area (Å²) in [6, 6.07) is 15.6. The van der Waals surface area contributed by atoms with Gasteiger partial charge in [-0.3, -0.25) is 4.79 Å². The normalized spacial score (nSPS) is 10.9. The molecular formula is C26H36N2O3. The van der Waals surface area contributed by atoms with Crippen LogP contribution in [-0.2, 0) is 11.2 Å². The highest BCUT2D eigenvalue weighted by atomic mass is 16.5. The number of nitrogens with zero attached hydrogens (tertiary/aromatic N) is 1. The molecule has 0 fully saturated rings. The molecule has 5 heteroatoms. The maximum absolute atomic E-state index is 12.0. The third kappa shape index (κ3) is 10.2. The van der Waals surface area contributed by atoms with E-state index in [1.807, 2.05) is 36.4 Å². The number of unbranched alkanes of at least 4 members (excludes halogenated alkanes) is 5. The molecule has 0 aliphatic heterocycles. The number of carbonyl (C=O) groups excluding carboxylic acids is 1. The Balaban J connectivity index is 1.73. The van der Waals surface area contributed by atoms with E-state index in [1.165, 1.54) is 44.1 Å². The van der Waals surface area contributed by atoms with Crippen LogP contribution in [0.4, 0.5) is 0 Å². The van der Waals surface area contributed by atoms with Gasteiger partial charge in [0.15, 0.2) is 6.61 Å². The number of hydrogen-bond acceptors (Lipinski definition) is 4. The molecule has 2 rings (SSSR count). The number of ether oxygens (including phenoxy) is 2. The molecule has 0 aromatic heterocycles. The van der Waals surface area contributed by atoms with Crippen LogP contribution in [0.2, 0.25) is 0 Å². The van der Waals surface area contributed by atoms with Gasteiger partial charge in [0.05, 0.1) is 12.8 Å². The standard InChI is InChI=1S/C26H36N2O3/c1-3-5-7-11-19-30-25-14-10-9-13-23(25)20-27-28-26(29)21-31-24-17-15-22(16-18-24)12-8-6-4-2/h9-10,13-18,20H,3-8,11-12,19,21H2,1-2H3,(H,28,29). The number of aryl methyl sites for hydroxylation is 1. The smallest absolute Gasteiger partial charge is 0.277 e. The first kappa shape index (κ1) is 24.4. The van der Waals surface area contributed by atoms with Crippen LogP contribution in [0.25, 0.3) is 0 Å². The van der Waals surface area contributed by atoms with Gasteiger partial charge in [0.25, 0.3) is 5.91 Å². The van der Waals surface area contributed by atoms with Crippen molar-refractivity contribution in [3.05, 3.63) is 59.7 Å². The summed E-state index contributed by atoms with van der Waals surface area (Å²) >= 11 is 0. The Morgan fingerprint density at radius 3 is 2.42 bits per heavy atom. The molecule has 5 nitrogen and oxygen atoms in total. The predicted molar refractivity (Wildman–Crippen MR) is 127 cm³/mol. The van der Waals surface area contributed by atoms with Gasteiger partial charge in [-0.05, 0) is 49.1 Å². The molecule has 0 aliphatic carbocycles. The number of hydrazone groups is 1. The number of rotatable bonds is 15. The van der Waals surface area contributed by atoms with Crippen molar-refractivity contribution in [3.8, 4) is 11.5 Å². The highest BCUT2D eigenvalue weighted by Gasteiger charge is 2.04. The van der Waals surface area contributed by atoms with Crippen LogP contribution < -0.4 is 14.9 Å². The van der Waals surface area contributed by atoms with Crippen molar-refractivity contribution in [1.82, 2.24) is 5.43 Å². The van der Waals surface area contributed by atoms with Gasteiger partial charge in [-0.15, -0.1) is 0 Å². The Kier molecular flexibility index (Phi) is 11.9. The van der Waals surface area contributed by atoms with Crippen LogP contribution in [0.15, 0.2) is 53.6 Å². The van der Waals surface area contributed by atoms with Gasteiger partial charge in [-0.25, -0.2) is 5.43 Å². The second kappa shape index (κ2) is 15.1. The molecule has 1 N–H and O–H groups in total. The molecule has 0 atom stereocenters. The number of para-hydroxylation sites is 1. The number of benzene rings is 2. The van der Waals surface area contributed by atoms with Crippen LogP contribution in [0.3, 0.4) is 0 Å². The monoisotopic (exact) mass is 424 g/mol. The Hall–Kier alpha value is -2.82. The molecule has 0 aliphatic rings. The fourth-order valence-electron chi connectivity index (χ4n) is 3.12. The van der Waals surface area contributed by atoms with E-state index in [9.17, 15) is 4.79 Å². The third-order valence-corrected chi connectivity index (χ3v) is 4.93. The summed E-state index contributed by atoms with van der Waals surface area (Å²) in [6.07, 6.45) is 11.0. The predicted octanol–water partition coefficient (Wildman–Crippen LogP) is 5.91. The van der Waals surface area contributed by atoms with E-state index < -0.39 is 0 Å². The molecule has 31 heavy (non-hydrogen) atoms. The van der Waals surface area contributed by atoms with Crippen molar-refractivity contribution in [3.63, 3.8) is 0 Å². The van der Waals surface area contributed by atoms with E-state index >= 15 is 0 Å². The number of nitrogens with one attached hydrogen (secondary N) is 1. The lowest BCUT2D eigenvalue weighted by atomic mass is 10.1. The van der Waals surface area contributed by atoms with Gasteiger partial charge in [-0.2, -0.15) is 5.10 Å². The highest BCUT2D eigenvalue weighted by Crippen LogP contribution is 2.17. The van der Waals surface area contributed by atoms with Gasteiger partial charge in [0, 0.05) is 5.56 Å². The fourth-order valence-corrected chi connectivity index (χ4v) is 3.12. The van der Waals surface area contributed by atoms with Gasteiger partial charge < -0.3 is 9.47 Å². The van der Waals surface area contributed by atoms with E-state index in [-0.39, 0.29) is 12.5 Å². The lowest BCUT2D eigenvalue weighted by molar-refractivity contribution is -0.123. The minimum atomic E-state index is -0.304. The van der Waals surface area contributed by atoms with Gasteiger partial charge in [0.1, 0.15) is 11.5 Å².